The van der Waals surface area contributed by atoms with E-state index in [2.05, 4.69) is 10.3 Å². The Bertz CT molecular complexity index is 886. The molecule has 24 heavy (non-hydrogen) atoms. The van der Waals surface area contributed by atoms with E-state index in [0.29, 0.717) is 22.7 Å². The lowest BCUT2D eigenvalue weighted by Crippen LogP contribution is -2.21. The molecule has 2 aromatic heterocycles. The van der Waals surface area contributed by atoms with E-state index in [1.165, 1.54) is 23.7 Å². The van der Waals surface area contributed by atoms with E-state index in [1.54, 1.807) is 24.3 Å². The zero-order valence-electron chi connectivity index (χ0n) is 12.5. The number of hydrogen-bond acceptors (Lipinski definition) is 3. The number of imidazole rings is 1. The number of benzene rings is 1. The van der Waals surface area contributed by atoms with Crippen molar-refractivity contribution < 1.29 is 22.7 Å². The molecular weight excluding hydrogens is 323 g/mol. The fourth-order valence-corrected chi connectivity index (χ4v) is 2.15. The number of nitrogens with zero attached hydrogens (tertiary/aromatic N) is 2. The summed E-state index contributed by atoms with van der Waals surface area (Å²) in [5.41, 5.74) is 0.870. The Hall–Kier alpha value is -3.03. The van der Waals surface area contributed by atoms with E-state index in [4.69, 9.17) is 4.74 Å². The van der Waals surface area contributed by atoms with Gasteiger partial charge in [0.2, 0.25) is 0 Å². The maximum Gasteiger partial charge on any atom is 0.417 e. The molecule has 0 saturated heterocycles. The van der Waals surface area contributed by atoms with Crippen LogP contribution in [0.2, 0.25) is 0 Å². The number of carbonyl (C=O) groups excluding carboxylic acids is 1. The highest BCUT2D eigenvalue weighted by atomic mass is 19.4. The third kappa shape index (κ3) is 3.17. The number of rotatable bonds is 2. The Morgan fingerprint density at radius 1 is 1.12 bits per heavy atom. The van der Waals surface area contributed by atoms with Crippen molar-refractivity contribution in [3.05, 3.63) is 54.4 Å². The van der Waals surface area contributed by atoms with Crippen LogP contribution in [0.15, 0.2) is 48.8 Å². The van der Waals surface area contributed by atoms with Crippen molar-refractivity contribution in [2.24, 2.45) is 0 Å². The van der Waals surface area contributed by atoms with E-state index in [-0.39, 0.29) is 0 Å². The number of pyridine rings is 1. The van der Waals surface area contributed by atoms with Crippen LogP contribution in [0.1, 0.15) is 5.56 Å². The lowest BCUT2D eigenvalue weighted by Gasteiger charge is -2.05. The van der Waals surface area contributed by atoms with Crippen LogP contribution in [-0.4, -0.2) is 22.5 Å². The molecule has 8 heteroatoms. The van der Waals surface area contributed by atoms with Gasteiger partial charge in [0.1, 0.15) is 11.4 Å². The molecule has 0 bridgehead atoms. The van der Waals surface area contributed by atoms with Crippen molar-refractivity contribution in [3.8, 4) is 17.0 Å². The molecule has 1 N–H and O–H groups in total. The minimum absolute atomic E-state index is 0.348. The molecule has 3 rings (SSSR count). The molecule has 2 heterocycles. The van der Waals surface area contributed by atoms with E-state index in [1.807, 2.05) is 0 Å². The first kappa shape index (κ1) is 15.9. The molecular formula is C16H12F3N3O2. The van der Waals surface area contributed by atoms with Crippen LogP contribution in [0, 0.1) is 0 Å². The number of halogens is 3. The maximum absolute atomic E-state index is 12.7. The fraction of sp³-hybridized carbons (Fsp3) is 0.125. The standard InChI is InChI=1S/C16H12F3N3O2/c1-20-15(23)24-12-5-2-10(3-6-12)13-9-22-8-11(16(17,18)19)4-7-14(22)21-13/h2-9H,1H3,(H,20,23). The lowest BCUT2D eigenvalue weighted by atomic mass is 10.2. The SMILES string of the molecule is CNC(=O)Oc1ccc(-c2cn3cc(C(F)(F)F)ccc3n2)cc1. The van der Waals surface area contributed by atoms with Crippen molar-refractivity contribution >= 4 is 11.7 Å². The molecule has 1 amide bonds. The van der Waals surface area contributed by atoms with Crippen LogP contribution in [0.4, 0.5) is 18.0 Å². The van der Waals surface area contributed by atoms with Gasteiger partial charge in [0.25, 0.3) is 0 Å². The molecule has 0 saturated carbocycles. The number of fused-ring (bicyclic) bond motifs is 1. The zero-order valence-corrected chi connectivity index (χ0v) is 12.5. The summed E-state index contributed by atoms with van der Waals surface area (Å²) in [7, 11) is 1.45. The van der Waals surface area contributed by atoms with Gasteiger partial charge in [0, 0.05) is 25.0 Å². The number of aromatic nitrogens is 2. The van der Waals surface area contributed by atoms with Crippen molar-refractivity contribution in [3.63, 3.8) is 0 Å². The molecule has 0 fully saturated rings. The van der Waals surface area contributed by atoms with Crippen LogP contribution in [-0.2, 0) is 6.18 Å². The summed E-state index contributed by atoms with van der Waals surface area (Å²) in [6.07, 6.45) is -2.49. The summed E-state index contributed by atoms with van der Waals surface area (Å²) >= 11 is 0. The van der Waals surface area contributed by atoms with E-state index >= 15 is 0 Å². The molecule has 0 unspecified atom stereocenters. The van der Waals surface area contributed by atoms with Gasteiger partial charge in [-0.05, 0) is 36.4 Å². The van der Waals surface area contributed by atoms with Crippen LogP contribution >= 0.6 is 0 Å². The van der Waals surface area contributed by atoms with Gasteiger partial charge in [-0.3, -0.25) is 0 Å². The average Bonchev–Trinajstić information content (AvgIpc) is 2.97. The van der Waals surface area contributed by atoms with Gasteiger partial charge in [-0.2, -0.15) is 13.2 Å². The second kappa shape index (κ2) is 5.88. The first-order chi connectivity index (χ1) is 11.4. The highest BCUT2D eigenvalue weighted by molar-refractivity contribution is 5.70. The van der Waals surface area contributed by atoms with Crippen LogP contribution in [0.25, 0.3) is 16.9 Å². The van der Waals surface area contributed by atoms with Crippen molar-refractivity contribution in [1.82, 2.24) is 14.7 Å². The summed E-state index contributed by atoms with van der Waals surface area (Å²) in [6, 6.07) is 8.81. The van der Waals surface area contributed by atoms with Crippen LogP contribution < -0.4 is 10.1 Å². The number of nitrogens with one attached hydrogen (secondary N) is 1. The predicted octanol–water partition coefficient (Wildman–Crippen LogP) is 3.74. The molecule has 0 spiro atoms. The fourth-order valence-electron chi connectivity index (χ4n) is 2.15. The van der Waals surface area contributed by atoms with Gasteiger partial charge < -0.3 is 14.5 Å². The smallest absolute Gasteiger partial charge is 0.410 e. The van der Waals surface area contributed by atoms with E-state index < -0.39 is 17.8 Å². The summed E-state index contributed by atoms with van der Waals surface area (Å²) in [5.74, 6) is 0.348. The summed E-state index contributed by atoms with van der Waals surface area (Å²) < 4.78 is 44.5. The number of alkyl halides is 3. The summed E-state index contributed by atoms with van der Waals surface area (Å²) in [6.45, 7) is 0. The van der Waals surface area contributed by atoms with Crippen molar-refractivity contribution in [2.75, 3.05) is 7.05 Å². The maximum atomic E-state index is 12.7. The lowest BCUT2D eigenvalue weighted by molar-refractivity contribution is -0.137. The minimum atomic E-state index is -4.41. The third-order valence-corrected chi connectivity index (χ3v) is 3.34. The van der Waals surface area contributed by atoms with E-state index in [0.717, 1.165) is 12.3 Å². The minimum Gasteiger partial charge on any atom is -0.410 e. The third-order valence-electron chi connectivity index (χ3n) is 3.34. The first-order valence-electron chi connectivity index (χ1n) is 6.93. The van der Waals surface area contributed by atoms with Gasteiger partial charge in [0.05, 0.1) is 11.3 Å². The second-order valence-corrected chi connectivity index (χ2v) is 4.97. The number of ether oxygens (including phenoxy) is 1. The Morgan fingerprint density at radius 2 is 1.83 bits per heavy atom. The Balaban J connectivity index is 1.90. The van der Waals surface area contributed by atoms with Gasteiger partial charge in [-0.25, -0.2) is 9.78 Å². The molecule has 3 aromatic rings. The highest BCUT2D eigenvalue weighted by Gasteiger charge is 2.30. The zero-order chi connectivity index (χ0) is 17.3. The number of hydrogen-bond donors (Lipinski definition) is 1. The molecule has 1 aromatic carbocycles. The highest BCUT2D eigenvalue weighted by Crippen LogP contribution is 2.30. The Morgan fingerprint density at radius 3 is 2.46 bits per heavy atom. The number of amides is 1. The van der Waals surface area contributed by atoms with Gasteiger partial charge in [-0.15, -0.1) is 0 Å². The van der Waals surface area contributed by atoms with E-state index in [9.17, 15) is 18.0 Å². The monoisotopic (exact) mass is 335 g/mol. The van der Waals surface area contributed by atoms with Crippen LogP contribution in [0.3, 0.4) is 0 Å². The molecule has 0 aliphatic rings. The summed E-state index contributed by atoms with van der Waals surface area (Å²) in [5, 5.41) is 2.33. The van der Waals surface area contributed by atoms with Crippen LogP contribution in [0.5, 0.6) is 5.75 Å². The Kier molecular flexibility index (Phi) is 3.88. The Labute approximate surface area is 134 Å². The second-order valence-electron chi connectivity index (χ2n) is 4.97. The van der Waals surface area contributed by atoms with Crippen molar-refractivity contribution in [1.29, 1.82) is 0 Å². The molecule has 0 aliphatic heterocycles. The molecule has 5 nitrogen and oxygen atoms in total. The molecule has 0 aliphatic carbocycles. The molecule has 0 radical (unpaired) electrons. The topological polar surface area (TPSA) is 55.6 Å². The first-order valence-corrected chi connectivity index (χ1v) is 6.93. The van der Waals surface area contributed by atoms with Gasteiger partial charge >= 0.3 is 12.3 Å². The normalized spacial score (nSPS) is 11.5. The quantitative estimate of drug-likeness (QED) is 0.776. The van der Waals surface area contributed by atoms with Gasteiger partial charge in [0.15, 0.2) is 0 Å². The molecule has 0 atom stereocenters. The largest absolute Gasteiger partial charge is 0.417 e. The van der Waals surface area contributed by atoms with Crippen molar-refractivity contribution in [2.45, 2.75) is 6.18 Å². The predicted molar refractivity (Wildman–Crippen MR) is 80.7 cm³/mol. The van der Waals surface area contributed by atoms with Gasteiger partial charge in [-0.1, -0.05) is 0 Å². The number of carbonyl (C=O) groups is 1. The molecule has 124 valence electrons. The summed E-state index contributed by atoms with van der Waals surface area (Å²) in [4.78, 5) is 15.4. The average molecular weight is 335 g/mol.